The Morgan fingerprint density at radius 3 is 2.71 bits per heavy atom. The zero-order chi connectivity index (χ0) is 22.1. The maximum atomic E-state index is 12.3. The Kier molecular flexibility index (Phi) is 8.52. The van der Waals surface area contributed by atoms with Crippen molar-refractivity contribution in [1.82, 2.24) is 19.8 Å². The van der Waals surface area contributed by atoms with Crippen LogP contribution >= 0.6 is 11.8 Å². The summed E-state index contributed by atoms with van der Waals surface area (Å²) in [5.74, 6) is 0.186. The third kappa shape index (κ3) is 7.13. The molecule has 9 heteroatoms. The number of imidazole rings is 1. The van der Waals surface area contributed by atoms with E-state index in [-0.39, 0.29) is 23.5 Å². The van der Waals surface area contributed by atoms with Gasteiger partial charge in [-0.05, 0) is 43.5 Å². The molecule has 1 aromatic carbocycles. The fourth-order valence-electron chi connectivity index (χ4n) is 3.37. The Bertz CT molecular complexity index is 897. The average Bonchev–Trinajstić information content (AvgIpc) is 3.06. The molecular formula is C22H29N5O3S. The highest BCUT2D eigenvalue weighted by Gasteiger charge is 2.16. The van der Waals surface area contributed by atoms with Crippen molar-refractivity contribution in [2.45, 2.75) is 37.3 Å². The average molecular weight is 444 g/mol. The molecule has 0 radical (unpaired) electrons. The monoisotopic (exact) mass is 443 g/mol. The van der Waals surface area contributed by atoms with Crippen LogP contribution in [0.25, 0.3) is 0 Å². The Balaban J connectivity index is 1.37. The second kappa shape index (κ2) is 11.5. The van der Waals surface area contributed by atoms with Crippen molar-refractivity contribution >= 4 is 35.2 Å². The van der Waals surface area contributed by atoms with Crippen molar-refractivity contribution in [3.63, 3.8) is 0 Å². The molecule has 0 atom stereocenters. The van der Waals surface area contributed by atoms with Crippen molar-refractivity contribution < 1.29 is 14.4 Å². The van der Waals surface area contributed by atoms with Crippen molar-refractivity contribution in [3.05, 3.63) is 42.2 Å². The molecule has 3 amide bonds. The summed E-state index contributed by atoms with van der Waals surface area (Å²) in [6.07, 6.45) is 8.04. The van der Waals surface area contributed by atoms with E-state index in [1.54, 1.807) is 30.5 Å². The van der Waals surface area contributed by atoms with Crippen LogP contribution < -0.4 is 10.6 Å². The summed E-state index contributed by atoms with van der Waals surface area (Å²) in [5, 5.41) is 6.50. The van der Waals surface area contributed by atoms with Gasteiger partial charge in [-0.25, -0.2) is 4.98 Å². The molecule has 0 aliphatic carbocycles. The van der Waals surface area contributed by atoms with Crippen molar-refractivity contribution in [1.29, 1.82) is 0 Å². The van der Waals surface area contributed by atoms with E-state index in [0.717, 1.165) is 37.4 Å². The quantitative estimate of drug-likeness (QED) is 0.459. The molecule has 166 valence electrons. The number of hydrogen-bond donors (Lipinski definition) is 2. The predicted molar refractivity (Wildman–Crippen MR) is 121 cm³/mol. The molecule has 0 bridgehead atoms. The van der Waals surface area contributed by atoms with Crippen LogP contribution in [0.15, 0.2) is 41.8 Å². The van der Waals surface area contributed by atoms with Crippen LogP contribution in [-0.4, -0.2) is 57.6 Å². The lowest BCUT2D eigenvalue weighted by Gasteiger charge is -2.20. The fourth-order valence-corrected chi connectivity index (χ4v) is 4.10. The minimum Gasteiger partial charge on any atom is -0.352 e. The van der Waals surface area contributed by atoms with Crippen LogP contribution in [0.4, 0.5) is 5.69 Å². The van der Waals surface area contributed by atoms with E-state index in [0.29, 0.717) is 30.8 Å². The van der Waals surface area contributed by atoms with E-state index in [4.69, 9.17) is 0 Å². The third-order valence-corrected chi connectivity index (χ3v) is 6.16. The normalized spacial score (nSPS) is 14.2. The van der Waals surface area contributed by atoms with E-state index in [1.165, 1.54) is 11.8 Å². The molecule has 1 aliphatic rings. The summed E-state index contributed by atoms with van der Waals surface area (Å²) in [6.45, 7) is 2.02. The molecule has 1 fully saturated rings. The van der Waals surface area contributed by atoms with Gasteiger partial charge in [0.1, 0.15) is 0 Å². The number of nitrogens with zero attached hydrogens (tertiary/aromatic N) is 3. The maximum Gasteiger partial charge on any atom is 0.251 e. The van der Waals surface area contributed by atoms with Gasteiger partial charge in [0.05, 0.1) is 5.75 Å². The standard InChI is InChI=1S/C22H29N5O3S/c1-26-15-12-24-22(26)31-16-19(28)25-18-9-7-17(8-10-18)21(30)23-11-5-14-27-13-4-2-3-6-20(27)29/h7-10,12,15H,2-6,11,13-14,16H2,1H3,(H,23,30)(H,25,28). The van der Waals surface area contributed by atoms with Crippen LogP contribution in [0.3, 0.4) is 0 Å². The van der Waals surface area contributed by atoms with Gasteiger partial charge in [-0.1, -0.05) is 18.2 Å². The van der Waals surface area contributed by atoms with E-state index in [2.05, 4.69) is 15.6 Å². The van der Waals surface area contributed by atoms with Gasteiger partial charge in [0.25, 0.3) is 5.91 Å². The zero-order valence-corrected chi connectivity index (χ0v) is 18.6. The smallest absolute Gasteiger partial charge is 0.251 e. The number of aromatic nitrogens is 2. The molecule has 31 heavy (non-hydrogen) atoms. The number of hydrogen-bond acceptors (Lipinski definition) is 5. The number of benzene rings is 1. The van der Waals surface area contributed by atoms with Crippen molar-refractivity contribution in [2.75, 3.05) is 30.7 Å². The molecule has 2 heterocycles. The summed E-state index contributed by atoms with van der Waals surface area (Å²) in [6, 6.07) is 6.81. The lowest BCUT2D eigenvalue weighted by molar-refractivity contribution is -0.130. The summed E-state index contributed by atoms with van der Waals surface area (Å²) in [4.78, 5) is 42.5. The van der Waals surface area contributed by atoms with Gasteiger partial charge >= 0.3 is 0 Å². The van der Waals surface area contributed by atoms with E-state index >= 15 is 0 Å². The molecule has 3 rings (SSSR count). The fraction of sp³-hybridized carbons (Fsp3) is 0.455. The van der Waals surface area contributed by atoms with Crippen LogP contribution in [0, 0.1) is 0 Å². The van der Waals surface area contributed by atoms with Crippen molar-refractivity contribution in [3.8, 4) is 0 Å². The highest BCUT2D eigenvalue weighted by atomic mass is 32.2. The lowest BCUT2D eigenvalue weighted by Crippen LogP contribution is -2.34. The molecule has 2 N–H and O–H groups in total. The molecule has 0 spiro atoms. The predicted octanol–water partition coefficient (Wildman–Crippen LogP) is 2.67. The molecule has 8 nitrogen and oxygen atoms in total. The SMILES string of the molecule is Cn1ccnc1SCC(=O)Nc1ccc(C(=O)NCCCN2CCCCCC2=O)cc1. The number of aryl methyl sites for hydroxylation is 1. The molecular weight excluding hydrogens is 414 g/mol. The number of thioether (sulfide) groups is 1. The van der Waals surface area contributed by atoms with Crippen LogP contribution in [0.1, 0.15) is 42.5 Å². The van der Waals surface area contributed by atoms with Crippen LogP contribution in [0.5, 0.6) is 0 Å². The topological polar surface area (TPSA) is 96.3 Å². The second-order valence-corrected chi connectivity index (χ2v) is 8.48. The first-order valence-corrected chi connectivity index (χ1v) is 11.6. The highest BCUT2D eigenvalue weighted by Crippen LogP contribution is 2.16. The molecule has 1 aliphatic heterocycles. The van der Waals surface area contributed by atoms with Gasteiger partial charge in [0.2, 0.25) is 11.8 Å². The van der Waals surface area contributed by atoms with Gasteiger partial charge in [-0.2, -0.15) is 0 Å². The zero-order valence-electron chi connectivity index (χ0n) is 17.8. The summed E-state index contributed by atoms with van der Waals surface area (Å²) in [7, 11) is 1.88. The number of nitrogens with one attached hydrogen (secondary N) is 2. The van der Waals surface area contributed by atoms with E-state index in [9.17, 15) is 14.4 Å². The number of anilines is 1. The van der Waals surface area contributed by atoms with Gasteiger partial charge in [0.15, 0.2) is 5.16 Å². The highest BCUT2D eigenvalue weighted by molar-refractivity contribution is 7.99. The minimum atomic E-state index is -0.162. The first-order chi connectivity index (χ1) is 15.0. The van der Waals surface area contributed by atoms with Gasteiger partial charge < -0.3 is 20.1 Å². The second-order valence-electron chi connectivity index (χ2n) is 7.54. The molecule has 0 saturated carbocycles. The first kappa shape index (κ1) is 22.9. The number of rotatable bonds is 9. The summed E-state index contributed by atoms with van der Waals surface area (Å²) in [5.41, 5.74) is 1.17. The molecule has 0 unspecified atom stereocenters. The lowest BCUT2D eigenvalue weighted by atomic mass is 10.2. The summed E-state index contributed by atoms with van der Waals surface area (Å²) >= 11 is 1.36. The van der Waals surface area contributed by atoms with E-state index < -0.39 is 0 Å². The number of amides is 3. The van der Waals surface area contributed by atoms with Crippen LogP contribution in [-0.2, 0) is 16.6 Å². The Morgan fingerprint density at radius 2 is 1.97 bits per heavy atom. The van der Waals surface area contributed by atoms with E-state index in [1.807, 2.05) is 22.7 Å². The van der Waals surface area contributed by atoms with Crippen molar-refractivity contribution in [2.24, 2.45) is 7.05 Å². The van der Waals surface area contributed by atoms with Gasteiger partial charge in [0, 0.05) is 56.7 Å². The molecule has 1 aromatic heterocycles. The number of carbonyl (C=O) groups excluding carboxylic acids is 3. The largest absolute Gasteiger partial charge is 0.352 e. The Morgan fingerprint density at radius 1 is 1.16 bits per heavy atom. The number of likely N-dealkylation sites (tertiary alicyclic amines) is 1. The van der Waals surface area contributed by atoms with Crippen LogP contribution in [0.2, 0.25) is 0 Å². The third-order valence-electron chi connectivity index (χ3n) is 5.10. The maximum absolute atomic E-state index is 12.3. The minimum absolute atomic E-state index is 0.131. The molecule has 1 saturated heterocycles. The first-order valence-electron chi connectivity index (χ1n) is 10.6. The summed E-state index contributed by atoms with van der Waals surface area (Å²) < 4.78 is 1.86. The Labute approximate surface area is 186 Å². The number of carbonyl (C=O) groups is 3. The Hall–Kier alpha value is -2.81. The van der Waals surface area contributed by atoms with Gasteiger partial charge in [-0.15, -0.1) is 0 Å². The molecule has 2 aromatic rings. The van der Waals surface area contributed by atoms with Gasteiger partial charge in [-0.3, -0.25) is 14.4 Å².